The molecule has 1 unspecified atom stereocenters. The molecule has 0 bridgehead atoms. The Labute approximate surface area is 95.6 Å². The van der Waals surface area contributed by atoms with E-state index < -0.39 is 0 Å². The molecule has 1 atom stereocenters. The summed E-state index contributed by atoms with van der Waals surface area (Å²) >= 11 is 0. The summed E-state index contributed by atoms with van der Waals surface area (Å²) in [6.07, 6.45) is 3.78. The van der Waals surface area contributed by atoms with Crippen molar-refractivity contribution in [3.8, 4) is 0 Å². The van der Waals surface area contributed by atoms with Gasteiger partial charge in [-0.25, -0.2) is 4.79 Å². The largest absolute Gasteiger partial charge is 0.466 e. The monoisotopic (exact) mass is 226 g/mol. The molecule has 4 heteroatoms. The number of rotatable bonds is 4. The predicted molar refractivity (Wildman–Crippen MR) is 58.7 cm³/mol. The van der Waals surface area contributed by atoms with Crippen molar-refractivity contribution in [1.82, 2.24) is 0 Å². The normalized spacial score (nSPS) is 19.9. The van der Waals surface area contributed by atoms with E-state index in [4.69, 9.17) is 9.47 Å². The van der Waals surface area contributed by atoms with Gasteiger partial charge in [-0.1, -0.05) is 6.08 Å². The van der Waals surface area contributed by atoms with E-state index in [-0.39, 0.29) is 17.9 Å². The van der Waals surface area contributed by atoms with Crippen LogP contribution in [0.25, 0.3) is 0 Å². The first-order valence-electron chi connectivity index (χ1n) is 5.71. The van der Waals surface area contributed by atoms with Gasteiger partial charge in [0.05, 0.1) is 19.1 Å². The molecule has 0 aliphatic heterocycles. The number of esters is 2. The Morgan fingerprint density at radius 1 is 1.31 bits per heavy atom. The van der Waals surface area contributed by atoms with Crippen molar-refractivity contribution in [2.45, 2.75) is 33.1 Å². The molecule has 0 saturated carbocycles. The van der Waals surface area contributed by atoms with Crippen LogP contribution in [0.1, 0.15) is 33.1 Å². The summed E-state index contributed by atoms with van der Waals surface area (Å²) < 4.78 is 9.86. The minimum absolute atomic E-state index is 0.190. The van der Waals surface area contributed by atoms with E-state index in [1.807, 2.05) is 6.08 Å². The van der Waals surface area contributed by atoms with Crippen LogP contribution in [0, 0.1) is 5.92 Å². The third kappa shape index (κ3) is 3.36. The maximum absolute atomic E-state index is 11.5. The lowest BCUT2D eigenvalue weighted by Gasteiger charge is -2.20. The summed E-state index contributed by atoms with van der Waals surface area (Å²) in [6.45, 7) is 4.29. The van der Waals surface area contributed by atoms with Crippen molar-refractivity contribution in [2.24, 2.45) is 5.92 Å². The van der Waals surface area contributed by atoms with Gasteiger partial charge in [-0.05, 0) is 33.1 Å². The summed E-state index contributed by atoms with van der Waals surface area (Å²) in [7, 11) is 0. The first-order chi connectivity index (χ1) is 7.69. The molecule has 4 nitrogen and oxygen atoms in total. The SMILES string of the molecule is CCOC(=O)C1=CCCC(C(=O)OCC)C1. The van der Waals surface area contributed by atoms with Crippen molar-refractivity contribution in [1.29, 1.82) is 0 Å². The van der Waals surface area contributed by atoms with Crippen LogP contribution in [0.5, 0.6) is 0 Å². The van der Waals surface area contributed by atoms with E-state index >= 15 is 0 Å². The summed E-state index contributed by atoms with van der Waals surface area (Å²) in [4.78, 5) is 23.0. The van der Waals surface area contributed by atoms with Crippen LogP contribution in [0.3, 0.4) is 0 Å². The highest BCUT2D eigenvalue weighted by atomic mass is 16.5. The quantitative estimate of drug-likeness (QED) is 0.686. The predicted octanol–water partition coefficient (Wildman–Crippen LogP) is 1.84. The van der Waals surface area contributed by atoms with E-state index in [0.717, 1.165) is 12.8 Å². The van der Waals surface area contributed by atoms with Gasteiger partial charge in [0.25, 0.3) is 0 Å². The van der Waals surface area contributed by atoms with Gasteiger partial charge in [-0.2, -0.15) is 0 Å². The maximum Gasteiger partial charge on any atom is 0.333 e. The van der Waals surface area contributed by atoms with Crippen LogP contribution in [-0.2, 0) is 19.1 Å². The number of allylic oxidation sites excluding steroid dienone is 1. The molecule has 1 rings (SSSR count). The highest BCUT2D eigenvalue weighted by Gasteiger charge is 2.26. The Kier molecular flexibility index (Phi) is 5.02. The van der Waals surface area contributed by atoms with Gasteiger partial charge in [-0.3, -0.25) is 4.79 Å². The van der Waals surface area contributed by atoms with Gasteiger partial charge in [0.2, 0.25) is 0 Å². The lowest BCUT2D eigenvalue weighted by molar-refractivity contribution is -0.148. The van der Waals surface area contributed by atoms with Crippen LogP contribution < -0.4 is 0 Å². The minimum atomic E-state index is -0.309. The second-order valence-electron chi connectivity index (χ2n) is 3.68. The van der Waals surface area contributed by atoms with Gasteiger partial charge in [0.1, 0.15) is 0 Å². The summed E-state index contributed by atoms with van der Waals surface area (Å²) in [5.41, 5.74) is 0.603. The molecule has 0 aromatic rings. The molecule has 90 valence electrons. The van der Waals surface area contributed by atoms with Crippen LogP contribution in [0.4, 0.5) is 0 Å². The Balaban J connectivity index is 2.55. The topological polar surface area (TPSA) is 52.6 Å². The molecule has 1 aliphatic rings. The van der Waals surface area contributed by atoms with Crippen LogP contribution in [0.15, 0.2) is 11.6 Å². The zero-order valence-corrected chi connectivity index (χ0v) is 9.82. The molecule has 1 aliphatic carbocycles. The van der Waals surface area contributed by atoms with Crippen molar-refractivity contribution < 1.29 is 19.1 Å². The molecule has 0 fully saturated rings. The average molecular weight is 226 g/mol. The number of ether oxygens (including phenoxy) is 2. The van der Waals surface area contributed by atoms with E-state index in [0.29, 0.717) is 25.2 Å². The minimum Gasteiger partial charge on any atom is -0.466 e. The Morgan fingerprint density at radius 2 is 2.00 bits per heavy atom. The van der Waals surface area contributed by atoms with Crippen molar-refractivity contribution >= 4 is 11.9 Å². The summed E-state index contributed by atoms with van der Waals surface area (Å²) in [5, 5.41) is 0. The fraction of sp³-hybridized carbons (Fsp3) is 0.667. The summed E-state index contributed by atoms with van der Waals surface area (Å²) in [5.74, 6) is -0.710. The molecule has 16 heavy (non-hydrogen) atoms. The van der Waals surface area contributed by atoms with Crippen molar-refractivity contribution in [3.05, 3.63) is 11.6 Å². The van der Waals surface area contributed by atoms with Gasteiger partial charge >= 0.3 is 11.9 Å². The molecular weight excluding hydrogens is 208 g/mol. The number of hydrogen-bond donors (Lipinski definition) is 0. The maximum atomic E-state index is 11.5. The van der Waals surface area contributed by atoms with Crippen LogP contribution in [-0.4, -0.2) is 25.2 Å². The van der Waals surface area contributed by atoms with Gasteiger partial charge in [-0.15, -0.1) is 0 Å². The Morgan fingerprint density at radius 3 is 2.62 bits per heavy atom. The van der Waals surface area contributed by atoms with E-state index in [9.17, 15) is 9.59 Å². The third-order valence-corrected chi connectivity index (χ3v) is 2.53. The highest BCUT2D eigenvalue weighted by Crippen LogP contribution is 2.25. The molecule has 0 heterocycles. The fourth-order valence-corrected chi connectivity index (χ4v) is 1.76. The molecule has 0 aromatic carbocycles. The summed E-state index contributed by atoms with van der Waals surface area (Å²) in [6, 6.07) is 0. The smallest absolute Gasteiger partial charge is 0.333 e. The first-order valence-corrected chi connectivity index (χ1v) is 5.71. The van der Waals surface area contributed by atoms with Gasteiger partial charge in [0.15, 0.2) is 0 Å². The van der Waals surface area contributed by atoms with Crippen LogP contribution >= 0.6 is 0 Å². The van der Waals surface area contributed by atoms with E-state index in [1.54, 1.807) is 13.8 Å². The number of carbonyl (C=O) groups excluding carboxylic acids is 2. The molecule has 0 spiro atoms. The van der Waals surface area contributed by atoms with Crippen molar-refractivity contribution in [2.75, 3.05) is 13.2 Å². The fourth-order valence-electron chi connectivity index (χ4n) is 1.76. The second kappa shape index (κ2) is 6.30. The average Bonchev–Trinajstić information content (AvgIpc) is 2.30. The Hall–Kier alpha value is -1.32. The van der Waals surface area contributed by atoms with Gasteiger partial charge < -0.3 is 9.47 Å². The zero-order chi connectivity index (χ0) is 12.0. The lowest BCUT2D eigenvalue weighted by atomic mass is 9.89. The van der Waals surface area contributed by atoms with E-state index in [1.165, 1.54) is 0 Å². The van der Waals surface area contributed by atoms with Crippen LogP contribution in [0.2, 0.25) is 0 Å². The lowest BCUT2D eigenvalue weighted by Crippen LogP contribution is -2.23. The van der Waals surface area contributed by atoms with Crippen molar-refractivity contribution in [3.63, 3.8) is 0 Å². The molecule has 0 aromatic heterocycles. The molecule has 0 radical (unpaired) electrons. The van der Waals surface area contributed by atoms with E-state index in [2.05, 4.69) is 0 Å². The Bertz CT molecular complexity index is 293. The first kappa shape index (κ1) is 12.7. The molecular formula is C12H18O4. The third-order valence-electron chi connectivity index (χ3n) is 2.53. The highest BCUT2D eigenvalue weighted by molar-refractivity contribution is 5.89. The standard InChI is InChI=1S/C12H18O4/c1-3-15-11(13)9-6-5-7-10(8-9)12(14)16-4-2/h6,10H,3-5,7-8H2,1-2H3. The second-order valence-corrected chi connectivity index (χ2v) is 3.68. The number of carbonyl (C=O) groups is 2. The molecule has 0 N–H and O–H groups in total. The molecule has 0 saturated heterocycles. The van der Waals surface area contributed by atoms with Gasteiger partial charge in [0, 0.05) is 5.57 Å². The zero-order valence-electron chi connectivity index (χ0n) is 9.82. The number of hydrogen-bond acceptors (Lipinski definition) is 4. The molecule has 0 amide bonds.